The van der Waals surface area contributed by atoms with Crippen LogP contribution in [0, 0.1) is 0 Å². The van der Waals surface area contributed by atoms with Crippen LogP contribution in [0.15, 0.2) is 0 Å². The smallest absolute Gasteiger partial charge is 0.236 e. The van der Waals surface area contributed by atoms with Gasteiger partial charge in [-0.2, -0.15) is 0 Å². The van der Waals surface area contributed by atoms with Crippen molar-refractivity contribution in [2.75, 3.05) is 13.1 Å². The Kier molecular flexibility index (Phi) is 4.70. The van der Waals surface area contributed by atoms with Gasteiger partial charge in [0.25, 0.3) is 0 Å². The van der Waals surface area contributed by atoms with Gasteiger partial charge in [0.05, 0.1) is 5.25 Å². The highest BCUT2D eigenvalue weighted by molar-refractivity contribution is 8.14. The second-order valence-electron chi connectivity index (χ2n) is 2.44. The topological polar surface area (TPSA) is 46.2 Å². The van der Waals surface area contributed by atoms with Gasteiger partial charge < -0.3 is 5.32 Å². The van der Waals surface area contributed by atoms with Crippen LogP contribution in [0.1, 0.15) is 12.8 Å². The van der Waals surface area contributed by atoms with Crippen LogP contribution < -0.4 is 5.32 Å². The van der Waals surface area contributed by atoms with Gasteiger partial charge >= 0.3 is 0 Å². The predicted molar refractivity (Wildman–Crippen MR) is 47.9 cm³/mol. The Labute approximate surface area is 77.3 Å². The van der Waals surface area contributed by atoms with E-state index in [1.54, 1.807) is 0 Å². The molecule has 1 atom stereocenters. The van der Waals surface area contributed by atoms with Crippen molar-refractivity contribution in [1.82, 2.24) is 5.32 Å². The lowest BCUT2D eigenvalue weighted by Crippen LogP contribution is -2.36. The van der Waals surface area contributed by atoms with E-state index in [0.717, 1.165) is 13.0 Å². The maximum absolute atomic E-state index is 10.7. The van der Waals surface area contributed by atoms with Gasteiger partial charge in [-0.3, -0.25) is 0 Å². The Balaban J connectivity index is 0.000001000. The number of halogens is 2. The summed E-state index contributed by atoms with van der Waals surface area (Å²) < 4.78 is 21.4. The van der Waals surface area contributed by atoms with Crippen LogP contribution in [0.25, 0.3) is 0 Å². The molecule has 0 saturated carbocycles. The third kappa shape index (κ3) is 3.60. The average Bonchev–Trinajstić information content (AvgIpc) is 1.88. The number of hydrogen-bond donors (Lipinski definition) is 1. The molecule has 0 aromatic carbocycles. The van der Waals surface area contributed by atoms with Crippen LogP contribution in [0.3, 0.4) is 0 Å². The second-order valence-corrected chi connectivity index (χ2v) is 5.35. The molecule has 3 nitrogen and oxygen atoms in total. The number of nitrogens with one attached hydrogen (secondary N) is 1. The SMILES string of the molecule is Cl.O=S(=O)(Cl)C1CCCNC1. The Morgan fingerprint density at radius 3 is 2.36 bits per heavy atom. The highest BCUT2D eigenvalue weighted by Crippen LogP contribution is 2.14. The van der Waals surface area contributed by atoms with Gasteiger partial charge in [0.1, 0.15) is 0 Å². The average molecular weight is 220 g/mol. The summed E-state index contributed by atoms with van der Waals surface area (Å²) >= 11 is 0. The van der Waals surface area contributed by atoms with E-state index < -0.39 is 9.05 Å². The molecule has 1 unspecified atom stereocenters. The zero-order chi connectivity index (χ0) is 7.61. The molecule has 0 amide bonds. The van der Waals surface area contributed by atoms with Gasteiger partial charge in [-0.05, 0) is 19.4 Å². The molecule has 0 aliphatic carbocycles. The zero-order valence-corrected chi connectivity index (χ0v) is 8.31. The minimum Gasteiger partial charge on any atom is -0.315 e. The lowest BCUT2D eigenvalue weighted by atomic mass is 10.2. The highest BCUT2D eigenvalue weighted by atomic mass is 35.7. The molecule has 1 aliphatic heterocycles. The predicted octanol–water partition coefficient (Wildman–Crippen LogP) is 0.729. The third-order valence-corrected chi connectivity index (χ3v) is 3.60. The van der Waals surface area contributed by atoms with Crippen molar-refractivity contribution in [3.63, 3.8) is 0 Å². The van der Waals surface area contributed by atoms with Crippen LogP contribution in [-0.2, 0) is 9.05 Å². The minimum atomic E-state index is -3.32. The molecule has 1 aliphatic rings. The van der Waals surface area contributed by atoms with Gasteiger partial charge in [0.15, 0.2) is 0 Å². The summed E-state index contributed by atoms with van der Waals surface area (Å²) in [4.78, 5) is 0. The molecule has 0 spiro atoms. The van der Waals surface area contributed by atoms with Crippen molar-refractivity contribution in [3.8, 4) is 0 Å². The summed E-state index contributed by atoms with van der Waals surface area (Å²) in [6, 6.07) is 0. The van der Waals surface area contributed by atoms with Crippen molar-refractivity contribution in [2.24, 2.45) is 0 Å². The fourth-order valence-electron chi connectivity index (χ4n) is 1.06. The molecular weight excluding hydrogens is 209 g/mol. The fourth-order valence-corrected chi connectivity index (χ4v) is 2.28. The summed E-state index contributed by atoms with van der Waals surface area (Å²) in [5.41, 5.74) is 0. The van der Waals surface area contributed by atoms with Gasteiger partial charge in [-0.1, -0.05) is 0 Å². The van der Waals surface area contributed by atoms with E-state index in [4.69, 9.17) is 10.7 Å². The molecule has 11 heavy (non-hydrogen) atoms. The molecule has 0 bridgehead atoms. The maximum Gasteiger partial charge on any atom is 0.236 e. The summed E-state index contributed by atoms with van der Waals surface area (Å²) in [7, 11) is 1.83. The van der Waals surface area contributed by atoms with Crippen LogP contribution in [0.5, 0.6) is 0 Å². The van der Waals surface area contributed by atoms with E-state index in [1.807, 2.05) is 0 Å². The Morgan fingerprint density at radius 2 is 2.09 bits per heavy atom. The Morgan fingerprint density at radius 1 is 1.45 bits per heavy atom. The molecule has 0 aromatic heterocycles. The molecule has 0 radical (unpaired) electrons. The molecule has 1 fully saturated rings. The summed E-state index contributed by atoms with van der Waals surface area (Å²) in [6.07, 6.45) is 1.59. The largest absolute Gasteiger partial charge is 0.315 e. The number of piperidine rings is 1. The van der Waals surface area contributed by atoms with E-state index in [0.29, 0.717) is 13.0 Å². The Bertz CT molecular complexity index is 199. The van der Waals surface area contributed by atoms with Crippen LogP contribution >= 0.6 is 23.1 Å². The van der Waals surface area contributed by atoms with Gasteiger partial charge in [-0.15, -0.1) is 12.4 Å². The molecule has 1 heterocycles. The lowest BCUT2D eigenvalue weighted by molar-refractivity contribution is 0.503. The summed E-state index contributed by atoms with van der Waals surface area (Å²) in [6.45, 7) is 1.41. The van der Waals surface area contributed by atoms with Gasteiger partial charge in [0.2, 0.25) is 9.05 Å². The molecule has 68 valence electrons. The molecular formula is C5H11Cl2NO2S. The zero-order valence-electron chi connectivity index (χ0n) is 5.92. The summed E-state index contributed by atoms with van der Waals surface area (Å²) in [5, 5.41) is 2.61. The van der Waals surface area contributed by atoms with Crippen molar-refractivity contribution >= 4 is 32.1 Å². The maximum atomic E-state index is 10.7. The third-order valence-electron chi connectivity index (χ3n) is 1.65. The van der Waals surface area contributed by atoms with Gasteiger partial charge in [0, 0.05) is 17.2 Å². The molecule has 1 saturated heterocycles. The normalized spacial score (nSPS) is 25.7. The first kappa shape index (κ1) is 11.5. The fraction of sp³-hybridized carbons (Fsp3) is 1.00. The first-order valence-corrected chi connectivity index (χ1v) is 5.62. The van der Waals surface area contributed by atoms with E-state index in [9.17, 15) is 8.42 Å². The van der Waals surface area contributed by atoms with Gasteiger partial charge in [-0.25, -0.2) is 8.42 Å². The first-order valence-electron chi connectivity index (χ1n) is 3.25. The van der Waals surface area contributed by atoms with Crippen molar-refractivity contribution in [3.05, 3.63) is 0 Å². The molecule has 6 heteroatoms. The van der Waals surface area contributed by atoms with Crippen molar-refractivity contribution < 1.29 is 8.42 Å². The quantitative estimate of drug-likeness (QED) is 0.662. The van der Waals surface area contributed by atoms with E-state index in [-0.39, 0.29) is 17.7 Å². The van der Waals surface area contributed by atoms with E-state index in [2.05, 4.69) is 5.32 Å². The second kappa shape index (κ2) is 4.50. The monoisotopic (exact) mass is 219 g/mol. The van der Waals surface area contributed by atoms with E-state index >= 15 is 0 Å². The summed E-state index contributed by atoms with van der Waals surface area (Å²) in [5.74, 6) is 0. The van der Waals surface area contributed by atoms with Crippen molar-refractivity contribution in [2.45, 2.75) is 18.1 Å². The molecule has 1 rings (SSSR count). The number of rotatable bonds is 1. The number of hydrogen-bond acceptors (Lipinski definition) is 3. The Hall–Kier alpha value is 0.490. The van der Waals surface area contributed by atoms with Crippen LogP contribution in [0.4, 0.5) is 0 Å². The minimum absolute atomic E-state index is 0. The van der Waals surface area contributed by atoms with Crippen LogP contribution in [0.2, 0.25) is 0 Å². The molecule has 0 aromatic rings. The lowest BCUT2D eigenvalue weighted by Gasteiger charge is -2.19. The molecule has 1 N–H and O–H groups in total. The van der Waals surface area contributed by atoms with E-state index in [1.165, 1.54) is 0 Å². The van der Waals surface area contributed by atoms with Crippen LogP contribution in [-0.4, -0.2) is 26.8 Å². The highest BCUT2D eigenvalue weighted by Gasteiger charge is 2.24. The standard InChI is InChI=1S/C5H10ClNO2S.ClH/c6-10(8,9)5-2-1-3-7-4-5;/h5,7H,1-4H2;1H. The van der Waals surface area contributed by atoms with Crippen molar-refractivity contribution in [1.29, 1.82) is 0 Å². The first-order chi connectivity index (χ1) is 4.61.